The number of aryl methyl sites for hydroxylation is 1. The van der Waals surface area contributed by atoms with E-state index in [0.29, 0.717) is 30.1 Å². The molecule has 7 heteroatoms. The van der Waals surface area contributed by atoms with Crippen molar-refractivity contribution in [1.82, 2.24) is 15.1 Å². The molecule has 1 amide bonds. The van der Waals surface area contributed by atoms with Gasteiger partial charge in [0.15, 0.2) is 11.5 Å². The van der Waals surface area contributed by atoms with Gasteiger partial charge in [-0.05, 0) is 48.7 Å². The Morgan fingerprint density at radius 2 is 1.73 bits per heavy atom. The van der Waals surface area contributed by atoms with Gasteiger partial charge in [-0.25, -0.2) is 4.68 Å². The summed E-state index contributed by atoms with van der Waals surface area (Å²) in [7, 11) is 4.70. The van der Waals surface area contributed by atoms with E-state index in [9.17, 15) is 4.79 Å². The number of methoxy groups -OCH3 is 3. The van der Waals surface area contributed by atoms with Crippen molar-refractivity contribution in [2.45, 2.75) is 25.8 Å². The molecule has 30 heavy (non-hydrogen) atoms. The van der Waals surface area contributed by atoms with Crippen molar-refractivity contribution in [1.29, 1.82) is 0 Å². The van der Waals surface area contributed by atoms with Crippen LogP contribution in [-0.4, -0.2) is 37.0 Å². The van der Waals surface area contributed by atoms with E-state index in [1.54, 1.807) is 27.5 Å². The van der Waals surface area contributed by atoms with Crippen molar-refractivity contribution >= 4 is 5.91 Å². The van der Waals surface area contributed by atoms with E-state index >= 15 is 0 Å². The molecule has 0 aliphatic rings. The monoisotopic (exact) mass is 409 g/mol. The average molecular weight is 409 g/mol. The number of rotatable bonds is 9. The van der Waals surface area contributed by atoms with Crippen LogP contribution in [0.15, 0.2) is 54.9 Å². The lowest BCUT2D eigenvalue weighted by molar-refractivity contribution is -0.121. The number of carbonyl (C=O) groups is 1. The van der Waals surface area contributed by atoms with Crippen LogP contribution in [0, 0.1) is 0 Å². The van der Waals surface area contributed by atoms with Gasteiger partial charge in [-0.3, -0.25) is 4.79 Å². The molecule has 1 heterocycles. The second-order valence-corrected chi connectivity index (χ2v) is 6.88. The zero-order valence-electron chi connectivity index (χ0n) is 17.7. The summed E-state index contributed by atoms with van der Waals surface area (Å²) in [5.74, 6) is 1.60. The molecule has 0 bridgehead atoms. The van der Waals surface area contributed by atoms with Gasteiger partial charge < -0.3 is 19.5 Å². The minimum Gasteiger partial charge on any atom is -0.493 e. The van der Waals surface area contributed by atoms with Crippen molar-refractivity contribution < 1.29 is 19.0 Å². The molecule has 0 aliphatic carbocycles. The number of benzene rings is 2. The summed E-state index contributed by atoms with van der Waals surface area (Å²) in [6.07, 6.45) is 4.73. The summed E-state index contributed by atoms with van der Waals surface area (Å²) in [6.45, 7) is 1.92. The third kappa shape index (κ3) is 4.92. The van der Waals surface area contributed by atoms with E-state index < -0.39 is 0 Å². The lowest BCUT2D eigenvalue weighted by Gasteiger charge is -2.18. The van der Waals surface area contributed by atoms with Crippen molar-refractivity contribution in [3.05, 3.63) is 66.0 Å². The molecule has 158 valence electrons. The maximum atomic E-state index is 12.5. The highest BCUT2D eigenvalue weighted by Crippen LogP contribution is 2.39. The molecular formula is C23H27N3O4. The normalized spacial score (nSPS) is 11.6. The van der Waals surface area contributed by atoms with Gasteiger partial charge in [-0.2, -0.15) is 5.10 Å². The topological polar surface area (TPSA) is 74.6 Å². The molecule has 7 nitrogen and oxygen atoms in total. The van der Waals surface area contributed by atoms with Crippen LogP contribution in [0.4, 0.5) is 0 Å². The van der Waals surface area contributed by atoms with Crippen molar-refractivity contribution in [2.75, 3.05) is 21.3 Å². The Balaban J connectivity index is 1.61. The smallest absolute Gasteiger partial charge is 0.220 e. The molecule has 0 aliphatic heterocycles. The average Bonchev–Trinajstić information content (AvgIpc) is 3.26. The Labute approximate surface area is 176 Å². The third-order valence-electron chi connectivity index (χ3n) is 4.86. The first kappa shape index (κ1) is 21.2. The molecular weight excluding hydrogens is 382 g/mol. The summed E-state index contributed by atoms with van der Waals surface area (Å²) in [5.41, 5.74) is 2.87. The Morgan fingerprint density at radius 3 is 2.33 bits per heavy atom. The van der Waals surface area contributed by atoms with Gasteiger partial charge in [-0.1, -0.05) is 18.2 Å². The molecule has 0 saturated carbocycles. The number of para-hydroxylation sites is 1. The number of aromatic nitrogens is 2. The first-order valence-electron chi connectivity index (χ1n) is 9.74. The van der Waals surface area contributed by atoms with Crippen LogP contribution >= 0.6 is 0 Å². The van der Waals surface area contributed by atoms with Crippen LogP contribution in [0.2, 0.25) is 0 Å². The molecule has 3 aromatic rings. The van der Waals surface area contributed by atoms with Gasteiger partial charge in [0.05, 0.1) is 39.3 Å². The highest BCUT2D eigenvalue weighted by atomic mass is 16.5. The SMILES string of the molecule is COc1cc(C(C)NC(=O)CCc2cnn(-c3ccccc3)c2)cc(OC)c1OC. The zero-order chi connectivity index (χ0) is 21.5. The first-order chi connectivity index (χ1) is 14.5. The van der Waals surface area contributed by atoms with Gasteiger partial charge in [-0.15, -0.1) is 0 Å². The van der Waals surface area contributed by atoms with Crippen LogP contribution in [0.25, 0.3) is 5.69 Å². The van der Waals surface area contributed by atoms with Crippen LogP contribution < -0.4 is 19.5 Å². The number of carbonyl (C=O) groups excluding carboxylic acids is 1. The van der Waals surface area contributed by atoms with Gasteiger partial charge >= 0.3 is 0 Å². The molecule has 1 unspecified atom stereocenters. The van der Waals surface area contributed by atoms with Gasteiger partial charge in [0, 0.05) is 12.6 Å². The maximum Gasteiger partial charge on any atom is 0.220 e. The standard InChI is InChI=1S/C23H27N3O4/c1-16(18-12-20(28-2)23(30-4)21(13-18)29-3)25-22(27)11-10-17-14-24-26(15-17)19-8-6-5-7-9-19/h5-9,12-16H,10-11H2,1-4H3,(H,25,27). The lowest BCUT2D eigenvalue weighted by atomic mass is 10.1. The lowest BCUT2D eigenvalue weighted by Crippen LogP contribution is -2.26. The molecule has 0 spiro atoms. The molecule has 3 rings (SSSR count). The molecule has 0 radical (unpaired) electrons. The Kier molecular flexibility index (Phi) is 6.95. The second kappa shape index (κ2) is 9.82. The summed E-state index contributed by atoms with van der Waals surface area (Å²) >= 11 is 0. The summed E-state index contributed by atoms with van der Waals surface area (Å²) in [6, 6.07) is 13.4. The van der Waals surface area contributed by atoms with Crippen molar-refractivity contribution in [3.8, 4) is 22.9 Å². The van der Waals surface area contributed by atoms with E-state index in [4.69, 9.17) is 14.2 Å². The highest BCUT2D eigenvalue weighted by Gasteiger charge is 2.17. The van der Waals surface area contributed by atoms with Crippen molar-refractivity contribution in [2.24, 2.45) is 0 Å². The highest BCUT2D eigenvalue weighted by molar-refractivity contribution is 5.76. The molecule has 1 aromatic heterocycles. The number of ether oxygens (including phenoxy) is 3. The summed E-state index contributed by atoms with van der Waals surface area (Å²) < 4.78 is 17.9. The Hall–Kier alpha value is -3.48. The summed E-state index contributed by atoms with van der Waals surface area (Å²) in [4.78, 5) is 12.5. The van der Waals surface area contributed by atoms with E-state index in [0.717, 1.165) is 16.8 Å². The van der Waals surface area contributed by atoms with E-state index in [2.05, 4.69) is 10.4 Å². The fourth-order valence-corrected chi connectivity index (χ4v) is 3.22. The number of hydrogen-bond donors (Lipinski definition) is 1. The quantitative estimate of drug-likeness (QED) is 0.583. The van der Waals surface area contributed by atoms with Crippen LogP contribution in [0.3, 0.4) is 0 Å². The predicted molar refractivity (Wildman–Crippen MR) is 115 cm³/mol. The molecule has 0 fully saturated rings. The number of nitrogens with zero attached hydrogens (tertiary/aromatic N) is 2. The molecule has 0 saturated heterocycles. The van der Waals surface area contributed by atoms with Crippen LogP contribution in [0.5, 0.6) is 17.2 Å². The second-order valence-electron chi connectivity index (χ2n) is 6.88. The van der Waals surface area contributed by atoms with Gasteiger partial charge in [0.25, 0.3) is 0 Å². The van der Waals surface area contributed by atoms with Gasteiger partial charge in [0.1, 0.15) is 0 Å². The van der Waals surface area contributed by atoms with Crippen molar-refractivity contribution in [3.63, 3.8) is 0 Å². The minimum absolute atomic E-state index is 0.0382. The fraction of sp³-hybridized carbons (Fsp3) is 0.304. The van der Waals surface area contributed by atoms with E-state index in [1.807, 2.05) is 60.3 Å². The number of nitrogens with one attached hydrogen (secondary N) is 1. The fourth-order valence-electron chi connectivity index (χ4n) is 3.22. The summed E-state index contributed by atoms with van der Waals surface area (Å²) in [5, 5.41) is 7.40. The molecule has 2 aromatic carbocycles. The minimum atomic E-state index is -0.210. The Bertz CT molecular complexity index is 960. The zero-order valence-corrected chi connectivity index (χ0v) is 17.7. The van der Waals surface area contributed by atoms with Crippen LogP contribution in [0.1, 0.15) is 30.5 Å². The predicted octanol–water partition coefficient (Wildman–Crippen LogP) is 3.71. The largest absolute Gasteiger partial charge is 0.493 e. The van der Waals surface area contributed by atoms with E-state index in [-0.39, 0.29) is 11.9 Å². The van der Waals surface area contributed by atoms with Gasteiger partial charge in [0.2, 0.25) is 11.7 Å². The maximum absolute atomic E-state index is 12.5. The molecule has 1 N–H and O–H groups in total. The number of hydrogen-bond acceptors (Lipinski definition) is 5. The number of amides is 1. The van der Waals surface area contributed by atoms with Crippen LogP contribution in [-0.2, 0) is 11.2 Å². The Morgan fingerprint density at radius 1 is 1.07 bits per heavy atom. The first-order valence-corrected chi connectivity index (χ1v) is 9.74. The third-order valence-corrected chi connectivity index (χ3v) is 4.86. The molecule has 1 atom stereocenters. The van der Waals surface area contributed by atoms with E-state index in [1.165, 1.54) is 0 Å².